The van der Waals surface area contributed by atoms with Crippen molar-refractivity contribution >= 4 is 40.6 Å². The number of unbranched alkanes of at least 4 members (excludes halogenated alkanes) is 1. The van der Waals surface area contributed by atoms with Gasteiger partial charge < -0.3 is 21.7 Å². The standard InChI is InChI=1S/C35H51N7O6/c1-40-31-24(12-7-13-26(31)42(35(40)48)27-15-17-29(44)38-33(27)46)11-6-5-8-22-18-20-41(21-19-22)34(47)30(23-9-3-2-4-10-23)39-32(45)25(36)14-16-28(37)43/h7,12-13,22-23,25,27,30H,2-6,8-11,14-21,36H2,1H3,(H2,37,43)(H,39,45)(H,38,44,46)/t25-,27?,30-/m0/s1. The highest BCUT2D eigenvalue weighted by molar-refractivity contribution is 6.00. The fourth-order valence-electron chi connectivity index (χ4n) is 7.88. The number of rotatable bonds is 13. The van der Waals surface area contributed by atoms with E-state index in [9.17, 15) is 28.8 Å². The molecule has 0 spiro atoms. The zero-order valence-corrected chi connectivity index (χ0v) is 28.1. The Morgan fingerprint density at radius 2 is 1.73 bits per heavy atom. The number of imidazole rings is 1. The number of nitrogens with zero attached hydrogens (tertiary/aromatic N) is 3. The molecule has 13 heteroatoms. The lowest BCUT2D eigenvalue weighted by molar-refractivity contribution is -0.140. The van der Waals surface area contributed by atoms with Crippen molar-refractivity contribution in [2.24, 2.45) is 30.4 Å². The van der Waals surface area contributed by atoms with Crippen molar-refractivity contribution in [2.75, 3.05) is 13.1 Å². The first-order valence-corrected chi connectivity index (χ1v) is 17.7. The topological polar surface area (TPSA) is 192 Å². The number of benzene rings is 1. The molecule has 2 aliphatic heterocycles. The van der Waals surface area contributed by atoms with E-state index < -0.39 is 35.8 Å². The fourth-order valence-corrected chi connectivity index (χ4v) is 7.88. The summed E-state index contributed by atoms with van der Waals surface area (Å²) in [5.41, 5.74) is 13.6. The Hall–Kier alpha value is -4.00. The summed E-state index contributed by atoms with van der Waals surface area (Å²) < 4.78 is 3.14. The Morgan fingerprint density at radius 1 is 1.00 bits per heavy atom. The zero-order valence-electron chi connectivity index (χ0n) is 28.1. The van der Waals surface area contributed by atoms with E-state index in [-0.39, 0.29) is 42.7 Å². The normalized spacial score (nSPS) is 20.8. The predicted octanol–water partition coefficient (Wildman–Crippen LogP) is 1.93. The molecular weight excluding hydrogens is 614 g/mol. The molecular formula is C35H51N7O6. The van der Waals surface area contributed by atoms with Gasteiger partial charge in [0, 0.05) is 33.0 Å². The van der Waals surface area contributed by atoms with Crippen LogP contribution in [0.1, 0.15) is 101 Å². The predicted molar refractivity (Wildman–Crippen MR) is 180 cm³/mol. The summed E-state index contributed by atoms with van der Waals surface area (Å²) in [5.74, 6) is -1.09. The van der Waals surface area contributed by atoms with Crippen LogP contribution in [0.15, 0.2) is 23.0 Å². The van der Waals surface area contributed by atoms with Crippen LogP contribution in [0.5, 0.6) is 0 Å². The Bertz CT molecular complexity index is 1570. The first kappa shape index (κ1) is 35.3. The number of hydrogen-bond acceptors (Lipinski definition) is 7. The van der Waals surface area contributed by atoms with Crippen molar-refractivity contribution < 1.29 is 24.0 Å². The summed E-state index contributed by atoms with van der Waals surface area (Å²) in [7, 11) is 1.73. The van der Waals surface area contributed by atoms with Gasteiger partial charge in [0.1, 0.15) is 12.1 Å². The Balaban J connectivity index is 1.13. The molecule has 2 saturated heterocycles. The number of para-hydroxylation sites is 1. The van der Waals surface area contributed by atoms with Crippen LogP contribution in [-0.2, 0) is 37.4 Å². The molecule has 13 nitrogen and oxygen atoms in total. The van der Waals surface area contributed by atoms with Gasteiger partial charge in [-0.3, -0.25) is 38.4 Å². The maximum atomic E-state index is 13.8. The molecule has 1 saturated carbocycles. The van der Waals surface area contributed by atoms with Crippen LogP contribution in [0.4, 0.5) is 0 Å². The van der Waals surface area contributed by atoms with Crippen LogP contribution in [0.2, 0.25) is 0 Å². The Morgan fingerprint density at radius 3 is 2.42 bits per heavy atom. The molecule has 5 rings (SSSR count). The molecule has 3 atom stereocenters. The second-order valence-electron chi connectivity index (χ2n) is 14.0. The van der Waals surface area contributed by atoms with Gasteiger partial charge in [0.2, 0.25) is 29.5 Å². The first-order valence-electron chi connectivity index (χ1n) is 17.7. The molecule has 3 heterocycles. The monoisotopic (exact) mass is 665 g/mol. The second-order valence-corrected chi connectivity index (χ2v) is 14.0. The van der Waals surface area contributed by atoms with E-state index >= 15 is 0 Å². The van der Waals surface area contributed by atoms with Crippen LogP contribution in [0, 0.1) is 11.8 Å². The summed E-state index contributed by atoms with van der Waals surface area (Å²) in [6, 6.07) is 3.63. The summed E-state index contributed by atoms with van der Waals surface area (Å²) in [6.45, 7) is 1.32. The molecule has 3 aliphatic rings. The van der Waals surface area contributed by atoms with E-state index in [0.29, 0.717) is 30.9 Å². The van der Waals surface area contributed by atoms with E-state index in [0.717, 1.165) is 81.7 Å². The van der Waals surface area contributed by atoms with Crippen molar-refractivity contribution in [1.82, 2.24) is 24.7 Å². The number of fused-ring (bicyclic) bond motifs is 1. The fraction of sp³-hybridized carbons (Fsp3) is 0.657. The minimum Gasteiger partial charge on any atom is -0.370 e. The number of nitrogens with two attached hydrogens (primary N) is 2. The number of piperidine rings is 2. The summed E-state index contributed by atoms with van der Waals surface area (Å²) in [5, 5.41) is 5.32. The van der Waals surface area contributed by atoms with Gasteiger partial charge in [-0.2, -0.15) is 0 Å². The van der Waals surface area contributed by atoms with E-state index in [2.05, 4.69) is 10.6 Å². The van der Waals surface area contributed by atoms with Crippen molar-refractivity contribution in [3.8, 4) is 0 Å². The lowest BCUT2D eigenvalue weighted by Gasteiger charge is -2.38. The van der Waals surface area contributed by atoms with Crippen molar-refractivity contribution in [2.45, 2.75) is 114 Å². The van der Waals surface area contributed by atoms with Gasteiger partial charge in [0.05, 0.1) is 17.1 Å². The van der Waals surface area contributed by atoms with Crippen LogP contribution in [0.3, 0.4) is 0 Å². The molecule has 1 aromatic carbocycles. The maximum Gasteiger partial charge on any atom is 0.329 e. The third kappa shape index (κ3) is 8.16. The molecule has 1 aliphatic carbocycles. The van der Waals surface area contributed by atoms with Gasteiger partial charge in [-0.05, 0) is 74.8 Å². The molecule has 262 valence electrons. The van der Waals surface area contributed by atoms with Crippen LogP contribution in [-0.4, -0.2) is 68.7 Å². The van der Waals surface area contributed by atoms with Crippen LogP contribution < -0.4 is 27.8 Å². The van der Waals surface area contributed by atoms with Gasteiger partial charge in [-0.1, -0.05) is 44.2 Å². The average molecular weight is 666 g/mol. The maximum absolute atomic E-state index is 13.8. The lowest BCUT2D eigenvalue weighted by Crippen LogP contribution is -2.57. The zero-order chi connectivity index (χ0) is 34.4. The van der Waals surface area contributed by atoms with Gasteiger partial charge in [0.15, 0.2) is 0 Å². The number of aromatic nitrogens is 2. The summed E-state index contributed by atoms with van der Waals surface area (Å²) in [4.78, 5) is 77.2. The number of hydrogen-bond donors (Lipinski definition) is 4. The number of likely N-dealkylation sites (tertiary alicyclic amines) is 1. The van der Waals surface area contributed by atoms with E-state index in [4.69, 9.17) is 11.5 Å². The highest BCUT2D eigenvalue weighted by Gasteiger charge is 2.36. The minimum atomic E-state index is -0.885. The van der Waals surface area contributed by atoms with Gasteiger partial charge in [-0.15, -0.1) is 0 Å². The molecule has 6 N–H and O–H groups in total. The number of carbonyl (C=O) groups excluding carboxylic acids is 5. The Labute approximate surface area is 281 Å². The number of carbonyl (C=O) groups is 5. The highest BCUT2D eigenvalue weighted by atomic mass is 16.2. The number of nitrogens with one attached hydrogen (secondary N) is 2. The molecule has 48 heavy (non-hydrogen) atoms. The molecule has 2 aromatic rings. The molecule has 1 aromatic heterocycles. The average Bonchev–Trinajstić information content (AvgIpc) is 3.34. The van der Waals surface area contributed by atoms with Crippen LogP contribution in [0.25, 0.3) is 11.0 Å². The molecule has 3 fully saturated rings. The lowest BCUT2D eigenvalue weighted by atomic mass is 9.82. The van der Waals surface area contributed by atoms with Crippen molar-refractivity contribution in [1.29, 1.82) is 0 Å². The molecule has 0 bridgehead atoms. The van der Waals surface area contributed by atoms with Crippen LogP contribution >= 0.6 is 0 Å². The Kier molecular flexibility index (Phi) is 11.7. The third-order valence-electron chi connectivity index (χ3n) is 10.7. The molecule has 1 unspecified atom stereocenters. The summed E-state index contributed by atoms with van der Waals surface area (Å²) in [6.07, 6.45) is 11.3. The number of amides is 5. The third-order valence-corrected chi connectivity index (χ3v) is 10.7. The molecule has 0 radical (unpaired) electrons. The number of imide groups is 1. The molecule has 5 amide bonds. The van der Waals surface area contributed by atoms with E-state index in [1.54, 1.807) is 11.6 Å². The largest absolute Gasteiger partial charge is 0.370 e. The van der Waals surface area contributed by atoms with E-state index in [1.165, 1.54) is 4.57 Å². The van der Waals surface area contributed by atoms with Gasteiger partial charge in [0.25, 0.3) is 0 Å². The van der Waals surface area contributed by atoms with Gasteiger partial charge in [-0.25, -0.2) is 4.79 Å². The first-order chi connectivity index (χ1) is 23.0. The quantitative estimate of drug-likeness (QED) is 0.186. The second kappa shape index (κ2) is 15.9. The number of aryl methyl sites for hydroxylation is 2. The van der Waals surface area contributed by atoms with Gasteiger partial charge >= 0.3 is 5.69 Å². The summed E-state index contributed by atoms with van der Waals surface area (Å²) >= 11 is 0. The highest BCUT2D eigenvalue weighted by Crippen LogP contribution is 2.30. The van der Waals surface area contributed by atoms with E-state index in [1.807, 2.05) is 23.1 Å². The SMILES string of the molecule is Cn1c(=O)n(C2CCC(=O)NC2=O)c2cccc(CCCCC3CCN(C(=O)[C@@H](NC(=O)[C@@H](N)CCC(N)=O)C4CCCCC4)CC3)c21. The van der Waals surface area contributed by atoms with Crippen molar-refractivity contribution in [3.63, 3.8) is 0 Å². The smallest absolute Gasteiger partial charge is 0.329 e. The van der Waals surface area contributed by atoms with Crippen molar-refractivity contribution in [3.05, 3.63) is 34.2 Å². The number of primary amides is 1. The minimum absolute atomic E-state index is 0.0254.